The summed E-state index contributed by atoms with van der Waals surface area (Å²) < 4.78 is 26.0. The molecule has 2 N–H and O–H groups in total. The van der Waals surface area contributed by atoms with Crippen LogP contribution in [0.3, 0.4) is 0 Å². The molecule has 0 bridgehead atoms. The van der Waals surface area contributed by atoms with E-state index in [1.807, 2.05) is 6.92 Å². The summed E-state index contributed by atoms with van der Waals surface area (Å²) in [5.41, 5.74) is 8.16. The van der Waals surface area contributed by atoms with Crippen molar-refractivity contribution in [2.75, 3.05) is 12.8 Å². The van der Waals surface area contributed by atoms with E-state index in [0.29, 0.717) is 0 Å². The first-order chi connectivity index (χ1) is 8.93. The number of aromatic nitrogens is 2. The molecular weight excluding hydrogens is 284 g/mol. The Kier molecular flexibility index (Phi) is 3.83. The number of nitrogens with two attached hydrogens (primary N) is 1. The van der Waals surface area contributed by atoms with Gasteiger partial charge in [0.05, 0.1) is 11.2 Å². The number of rotatable bonds is 4. The van der Waals surface area contributed by atoms with Gasteiger partial charge in [-0.15, -0.1) is 11.3 Å². The van der Waals surface area contributed by atoms with E-state index in [1.54, 1.807) is 11.6 Å². The molecule has 2 heterocycles. The van der Waals surface area contributed by atoms with Gasteiger partial charge in [0, 0.05) is 24.7 Å². The number of hydrogen-bond donors (Lipinski definition) is 1. The fourth-order valence-corrected chi connectivity index (χ4v) is 3.67. The van der Waals surface area contributed by atoms with Crippen LogP contribution in [-0.4, -0.2) is 29.7 Å². The van der Waals surface area contributed by atoms with Gasteiger partial charge in [0.15, 0.2) is 0 Å². The van der Waals surface area contributed by atoms with Crippen molar-refractivity contribution in [3.05, 3.63) is 34.4 Å². The van der Waals surface area contributed by atoms with E-state index in [0.717, 1.165) is 10.6 Å². The summed E-state index contributed by atoms with van der Waals surface area (Å²) in [7, 11) is -2.12. The molecule has 19 heavy (non-hydrogen) atoms. The number of hydrogen-bond acceptors (Lipinski definition) is 6. The smallest absolute Gasteiger partial charge is 0.246 e. The zero-order valence-electron chi connectivity index (χ0n) is 10.6. The molecule has 0 aliphatic rings. The van der Waals surface area contributed by atoms with Crippen LogP contribution in [0.2, 0.25) is 0 Å². The van der Waals surface area contributed by atoms with Gasteiger partial charge in [-0.1, -0.05) is 0 Å². The Morgan fingerprint density at radius 3 is 2.74 bits per heavy atom. The summed E-state index contributed by atoms with van der Waals surface area (Å²) in [5, 5.41) is 0. The second-order valence-corrected chi connectivity index (χ2v) is 6.96. The number of aryl methyl sites for hydroxylation is 1. The van der Waals surface area contributed by atoms with Gasteiger partial charge < -0.3 is 5.73 Å². The standard InChI is InChI=1S/C11H14N4O2S2/c1-8-9(18-7-14-8)6-15(2)19(16,17)10-4-3-5-13-11(10)12/h3-5,7H,6H2,1-2H3,(H2,12,13). The molecule has 0 fully saturated rings. The molecule has 0 saturated carbocycles. The Morgan fingerprint density at radius 1 is 1.42 bits per heavy atom. The van der Waals surface area contributed by atoms with Crippen LogP contribution in [0.25, 0.3) is 0 Å². The molecule has 0 amide bonds. The van der Waals surface area contributed by atoms with Crippen LogP contribution < -0.4 is 5.73 Å². The summed E-state index contributed by atoms with van der Waals surface area (Å²) in [6, 6.07) is 3.00. The molecule has 0 unspecified atom stereocenters. The first-order valence-corrected chi connectivity index (χ1v) is 7.80. The van der Waals surface area contributed by atoms with Crippen molar-refractivity contribution in [1.82, 2.24) is 14.3 Å². The third-order valence-electron chi connectivity index (χ3n) is 2.70. The summed E-state index contributed by atoms with van der Waals surface area (Å²) in [4.78, 5) is 8.84. The van der Waals surface area contributed by atoms with Crippen LogP contribution in [0.4, 0.5) is 5.82 Å². The molecule has 2 aromatic heterocycles. The van der Waals surface area contributed by atoms with E-state index in [9.17, 15) is 8.42 Å². The minimum Gasteiger partial charge on any atom is -0.383 e. The van der Waals surface area contributed by atoms with Gasteiger partial charge in [-0.2, -0.15) is 4.31 Å². The molecule has 0 spiro atoms. The largest absolute Gasteiger partial charge is 0.383 e. The molecule has 8 heteroatoms. The van der Waals surface area contributed by atoms with E-state index >= 15 is 0 Å². The fraction of sp³-hybridized carbons (Fsp3) is 0.273. The van der Waals surface area contributed by atoms with E-state index in [4.69, 9.17) is 5.73 Å². The van der Waals surface area contributed by atoms with Crippen molar-refractivity contribution in [2.45, 2.75) is 18.4 Å². The first-order valence-electron chi connectivity index (χ1n) is 5.48. The number of anilines is 1. The minimum absolute atomic E-state index is 0.00961. The lowest BCUT2D eigenvalue weighted by atomic mass is 10.4. The summed E-state index contributed by atoms with van der Waals surface area (Å²) >= 11 is 1.43. The zero-order chi connectivity index (χ0) is 14.0. The molecule has 0 aliphatic carbocycles. The van der Waals surface area contributed by atoms with Gasteiger partial charge >= 0.3 is 0 Å². The van der Waals surface area contributed by atoms with Gasteiger partial charge in [0.1, 0.15) is 10.7 Å². The van der Waals surface area contributed by atoms with Gasteiger partial charge in [0.25, 0.3) is 0 Å². The maximum absolute atomic E-state index is 12.4. The van der Waals surface area contributed by atoms with Crippen LogP contribution in [0.15, 0.2) is 28.7 Å². The molecule has 0 aliphatic heterocycles. The van der Waals surface area contributed by atoms with Crippen molar-refractivity contribution >= 4 is 27.2 Å². The van der Waals surface area contributed by atoms with Crippen molar-refractivity contribution in [2.24, 2.45) is 0 Å². The zero-order valence-corrected chi connectivity index (χ0v) is 12.2. The number of pyridine rings is 1. The normalized spacial score (nSPS) is 11.9. The lowest BCUT2D eigenvalue weighted by Gasteiger charge is -2.17. The lowest BCUT2D eigenvalue weighted by molar-refractivity contribution is 0.469. The molecule has 102 valence electrons. The second kappa shape index (κ2) is 5.24. The topological polar surface area (TPSA) is 89.2 Å². The molecular formula is C11H14N4O2S2. The average Bonchev–Trinajstić information content (AvgIpc) is 2.75. The van der Waals surface area contributed by atoms with Gasteiger partial charge in [-0.3, -0.25) is 0 Å². The predicted molar refractivity (Wildman–Crippen MR) is 74.2 cm³/mol. The molecule has 6 nitrogen and oxygen atoms in total. The molecule has 0 atom stereocenters. The Hall–Kier alpha value is -1.51. The monoisotopic (exact) mass is 298 g/mol. The van der Waals surface area contributed by atoms with Crippen LogP contribution in [-0.2, 0) is 16.6 Å². The highest BCUT2D eigenvalue weighted by atomic mass is 32.2. The molecule has 0 aromatic carbocycles. The van der Waals surface area contributed by atoms with Gasteiger partial charge in [-0.05, 0) is 19.1 Å². The fourth-order valence-electron chi connectivity index (χ4n) is 1.55. The summed E-state index contributed by atoms with van der Waals surface area (Å²) in [6.45, 7) is 2.12. The average molecular weight is 298 g/mol. The summed E-state index contributed by atoms with van der Waals surface area (Å²) in [5.74, 6) is 0.00961. The molecule has 2 aromatic rings. The molecule has 0 radical (unpaired) electrons. The highest BCUT2D eigenvalue weighted by molar-refractivity contribution is 7.89. The van der Waals surface area contributed by atoms with Crippen LogP contribution in [0.1, 0.15) is 10.6 Å². The van der Waals surface area contributed by atoms with Gasteiger partial charge in [0.2, 0.25) is 10.0 Å². The third-order valence-corrected chi connectivity index (χ3v) is 5.47. The van der Waals surface area contributed by atoms with E-state index < -0.39 is 10.0 Å². The number of sulfonamides is 1. The minimum atomic E-state index is -3.64. The SMILES string of the molecule is Cc1ncsc1CN(C)S(=O)(=O)c1cccnc1N. The Balaban J connectivity index is 2.30. The second-order valence-electron chi connectivity index (χ2n) is 4.01. The number of nitrogens with zero attached hydrogens (tertiary/aromatic N) is 3. The molecule has 0 saturated heterocycles. The highest BCUT2D eigenvalue weighted by Gasteiger charge is 2.24. The summed E-state index contributed by atoms with van der Waals surface area (Å²) in [6.07, 6.45) is 1.46. The van der Waals surface area contributed by atoms with Gasteiger partial charge in [-0.25, -0.2) is 18.4 Å². The van der Waals surface area contributed by atoms with Crippen molar-refractivity contribution < 1.29 is 8.42 Å². The third kappa shape index (κ3) is 2.75. The van der Waals surface area contributed by atoms with E-state index in [2.05, 4.69) is 9.97 Å². The predicted octanol–water partition coefficient (Wildman–Crippen LogP) is 1.25. The Labute approximate surface area is 116 Å². The van der Waals surface area contributed by atoms with Crippen LogP contribution in [0, 0.1) is 6.92 Å². The Bertz CT molecular complexity index is 682. The lowest BCUT2D eigenvalue weighted by Crippen LogP contribution is -2.27. The molecule has 2 rings (SSSR count). The quantitative estimate of drug-likeness (QED) is 0.917. The van der Waals surface area contributed by atoms with Crippen LogP contribution >= 0.6 is 11.3 Å². The van der Waals surface area contributed by atoms with Crippen molar-refractivity contribution in [3.8, 4) is 0 Å². The van der Waals surface area contributed by atoms with E-state index in [-0.39, 0.29) is 17.3 Å². The maximum Gasteiger partial charge on any atom is 0.246 e. The van der Waals surface area contributed by atoms with Crippen molar-refractivity contribution in [1.29, 1.82) is 0 Å². The Morgan fingerprint density at radius 2 is 2.16 bits per heavy atom. The maximum atomic E-state index is 12.4. The number of nitrogen functional groups attached to an aromatic ring is 1. The highest BCUT2D eigenvalue weighted by Crippen LogP contribution is 2.22. The van der Waals surface area contributed by atoms with E-state index in [1.165, 1.54) is 35.0 Å². The number of thiazole rings is 1. The van der Waals surface area contributed by atoms with Crippen LogP contribution in [0.5, 0.6) is 0 Å². The first kappa shape index (κ1) is 13.9. The van der Waals surface area contributed by atoms with Crippen molar-refractivity contribution in [3.63, 3.8) is 0 Å².